The van der Waals surface area contributed by atoms with Crippen LogP contribution in [0.5, 0.6) is 0 Å². The minimum atomic E-state index is -0.492. The molecular formula is C22H23FN4O3S. The molecule has 7 nitrogen and oxygen atoms in total. The quantitative estimate of drug-likeness (QED) is 0.444. The maximum absolute atomic E-state index is 13.2. The Kier molecular flexibility index (Phi) is 6.62. The van der Waals surface area contributed by atoms with E-state index in [1.54, 1.807) is 22.9 Å². The van der Waals surface area contributed by atoms with Gasteiger partial charge in [-0.25, -0.2) is 14.4 Å². The van der Waals surface area contributed by atoms with Crippen LogP contribution in [0.15, 0.2) is 52.5 Å². The lowest BCUT2D eigenvalue weighted by Crippen LogP contribution is -2.31. The zero-order valence-electron chi connectivity index (χ0n) is 17.1. The first-order chi connectivity index (χ1) is 15.0. The second-order valence-electron chi connectivity index (χ2n) is 7.33. The standard InChI is InChI=1S/C22H23FN4O3S/c1-2-18(20(28)25-15-9-7-14(23)8-10-15)31-22-26-19-17(6-3-11-24-19)21(29)27(22)13-16-5-4-12-30-16/h3,6-11,16,18H,2,4-5,12-13H2,1H3,(H,25,28)/t16-,18+/m1/s1. The number of halogens is 1. The number of carbonyl (C=O) groups excluding carboxylic acids is 1. The van der Waals surface area contributed by atoms with Crippen LogP contribution < -0.4 is 10.9 Å². The molecule has 2 atom stereocenters. The van der Waals surface area contributed by atoms with Gasteiger partial charge >= 0.3 is 0 Å². The number of hydrogen-bond donors (Lipinski definition) is 1. The molecule has 0 bridgehead atoms. The largest absolute Gasteiger partial charge is 0.376 e. The summed E-state index contributed by atoms with van der Waals surface area (Å²) >= 11 is 1.23. The van der Waals surface area contributed by atoms with Crippen molar-refractivity contribution in [2.75, 3.05) is 11.9 Å². The van der Waals surface area contributed by atoms with Gasteiger partial charge in [0.05, 0.1) is 23.3 Å². The molecule has 31 heavy (non-hydrogen) atoms. The molecule has 0 spiro atoms. The average molecular weight is 443 g/mol. The first kappa shape index (κ1) is 21.5. The Hall–Kier alpha value is -2.78. The van der Waals surface area contributed by atoms with Crippen molar-refractivity contribution in [2.45, 2.75) is 49.2 Å². The number of amides is 1. The van der Waals surface area contributed by atoms with Crippen LogP contribution in [0.4, 0.5) is 10.1 Å². The minimum Gasteiger partial charge on any atom is -0.376 e. The number of rotatable bonds is 7. The normalized spacial score (nSPS) is 17.0. The van der Waals surface area contributed by atoms with Crippen molar-refractivity contribution in [1.29, 1.82) is 0 Å². The molecule has 1 aromatic carbocycles. The Morgan fingerprint density at radius 1 is 1.35 bits per heavy atom. The van der Waals surface area contributed by atoms with Gasteiger partial charge < -0.3 is 10.1 Å². The molecule has 9 heteroatoms. The highest BCUT2D eigenvalue weighted by Crippen LogP contribution is 2.27. The van der Waals surface area contributed by atoms with E-state index in [0.717, 1.165) is 12.8 Å². The molecule has 1 amide bonds. The van der Waals surface area contributed by atoms with E-state index in [0.29, 0.717) is 41.4 Å². The van der Waals surface area contributed by atoms with Gasteiger partial charge in [-0.15, -0.1) is 0 Å². The van der Waals surface area contributed by atoms with E-state index in [1.165, 1.54) is 36.0 Å². The Morgan fingerprint density at radius 3 is 2.87 bits per heavy atom. The molecule has 162 valence electrons. The first-order valence-electron chi connectivity index (χ1n) is 10.3. The molecule has 4 rings (SSSR count). The number of carbonyl (C=O) groups is 1. The van der Waals surface area contributed by atoms with Crippen molar-refractivity contribution in [1.82, 2.24) is 14.5 Å². The summed E-state index contributed by atoms with van der Waals surface area (Å²) < 4.78 is 20.5. The van der Waals surface area contributed by atoms with Crippen LogP contribution in [0.2, 0.25) is 0 Å². The Balaban J connectivity index is 1.63. The van der Waals surface area contributed by atoms with Crippen molar-refractivity contribution in [2.24, 2.45) is 0 Å². The third-order valence-electron chi connectivity index (χ3n) is 5.13. The van der Waals surface area contributed by atoms with E-state index in [-0.39, 0.29) is 23.4 Å². The van der Waals surface area contributed by atoms with Crippen LogP contribution >= 0.6 is 11.8 Å². The topological polar surface area (TPSA) is 86.1 Å². The van der Waals surface area contributed by atoms with Gasteiger partial charge in [-0.3, -0.25) is 14.2 Å². The number of fused-ring (bicyclic) bond motifs is 1. The summed E-state index contributed by atoms with van der Waals surface area (Å²) in [4.78, 5) is 34.9. The zero-order valence-corrected chi connectivity index (χ0v) is 17.9. The van der Waals surface area contributed by atoms with E-state index in [2.05, 4.69) is 15.3 Å². The third kappa shape index (κ3) is 4.94. The number of hydrogen-bond acceptors (Lipinski definition) is 6. The summed E-state index contributed by atoms with van der Waals surface area (Å²) in [7, 11) is 0. The summed E-state index contributed by atoms with van der Waals surface area (Å²) in [5, 5.41) is 3.19. The van der Waals surface area contributed by atoms with Gasteiger partial charge in [-0.05, 0) is 55.7 Å². The van der Waals surface area contributed by atoms with Crippen molar-refractivity contribution in [3.05, 3.63) is 58.8 Å². The summed E-state index contributed by atoms with van der Waals surface area (Å²) in [6.07, 6.45) is 3.90. The van der Waals surface area contributed by atoms with Crippen molar-refractivity contribution in [3.63, 3.8) is 0 Å². The third-order valence-corrected chi connectivity index (χ3v) is 6.48. The van der Waals surface area contributed by atoms with Crippen LogP contribution in [-0.2, 0) is 16.1 Å². The number of pyridine rings is 1. The SMILES string of the molecule is CC[C@H](Sc1nc2ncccc2c(=O)n1C[C@H]1CCCO1)C(=O)Nc1ccc(F)cc1. The van der Waals surface area contributed by atoms with E-state index < -0.39 is 5.25 Å². The Morgan fingerprint density at radius 2 is 2.16 bits per heavy atom. The number of nitrogens with one attached hydrogen (secondary N) is 1. The number of thioether (sulfide) groups is 1. The van der Waals surface area contributed by atoms with E-state index in [1.807, 2.05) is 6.92 Å². The lowest BCUT2D eigenvalue weighted by atomic mass is 10.2. The molecule has 0 unspecified atom stereocenters. The Labute approximate surface area is 183 Å². The highest BCUT2D eigenvalue weighted by atomic mass is 32.2. The van der Waals surface area contributed by atoms with E-state index >= 15 is 0 Å². The van der Waals surface area contributed by atoms with Crippen molar-refractivity contribution < 1.29 is 13.9 Å². The lowest BCUT2D eigenvalue weighted by molar-refractivity contribution is -0.115. The molecule has 1 saturated heterocycles. The molecule has 3 heterocycles. The molecule has 1 N–H and O–H groups in total. The molecular weight excluding hydrogens is 419 g/mol. The number of aromatic nitrogens is 3. The van der Waals surface area contributed by atoms with Gasteiger partial charge in [0, 0.05) is 18.5 Å². The second kappa shape index (κ2) is 9.57. The van der Waals surface area contributed by atoms with E-state index in [4.69, 9.17) is 4.74 Å². The maximum atomic E-state index is 13.2. The fourth-order valence-corrected chi connectivity index (χ4v) is 4.50. The monoisotopic (exact) mass is 442 g/mol. The van der Waals surface area contributed by atoms with Gasteiger partial charge in [-0.2, -0.15) is 0 Å². The smallest absolute Gasteiger partial charge is 0.263 e. The first-order valence-corrected chi connectivity index (χ1v) is 11.1. The number of ether oxygens (including phenoxy) is 1. The van der Waals surface area contributed by atoms with Crippen LogP contribution in [0.3, 0.4) is 0 Å². The van der Waals surface area contributed by atoms with Gasteiger partial charge in [0.1, 0.15) is 5.82 Å². The van der Waals surface area contributed by atoms with Crippen LogP contribution in [-0.4, -0.2) is 38.4 Å². The van der Waals surface area contributed by atoms with Gasteiger partial charge in [0.25, 0.3) is 5.56 Å². The van der Waals surface area contributed by atoms with Gasteiger partial charge in [0.15, 0.2) is 10.8 Å². The summed E-state index contributed by atoms with van der Waals surface area (Å²) in [5.74, 6) is -0.608. The molecule has 2 aromatic heterocycles. The minimum absolute atomic E-state index is 0.0545. The molecule has 3 aromatic rings. The highest BCUT2D eigenvalue weighted by molar-refractivity contribution is 8.00. The molecule has 1 fully saturated rings. The fourth-order valence-electron chi connectivity index (χ4n) is 3.48. The number of nitrogens with zero attached hydrogens (tertiary/aromatic N) is 3. The molecule has 1 aliphatic heterocycles. The summed E-state index contributed by atoms with van der Waals surface area (Å²) in [6, 6.07) is 9.02. The van der Waals surface area contributed by atoms with Crippen molar-refractivity contribution >= 4 is 34.4 Å². The summed E-state index contributed by atoms with van der Waals surface area (Å²) in [5.41, 5.74) is 0.674. The predicted molar refractivity (Wildman–Crippen MR) is 118 cm³/mol. The molecule has 1 aliphatic rings. The summed E-state index contributed by atoms with van der Waals surface area (Å²) in [6.45, 7) is 2.96. The lowest BCUT2D eigenvalue weighted by Gasteiger charge is -2.19. The zero-order chi connectivity index (χ0) is 21.8. The van der Waals surface area contributed by atoms with Gasteiger partial charge in [-0.1, -0.05) is 18.7 Å². The van der Waals surface area contributed by atoms with Crippen LogP contribution in [0.1, 0.15) is 26.2 Å². The maximum Gasteiger partial charge on any atom is 0.263 e. The second-order valence-corrected chi connectivity index (χ2v) is 8.50. The molecule has 0 saturated carbocycles. The molecule has 0 radical (unpaired) electrons. The number of anilines is 1. The van der Waals surface area contributed by atoms with Crippen LogP contribution in [0.25, 0.3) is 11.0 Å². The van der Waals surface area contributed by atoms with Crippen LogP contribution in [0, 0.1) is 5.82 Å². The van der Waals surface area contributed by atoms with Crippen molar-refractivity contribution in [3.8, 4) is 0 Å². The highest BCUT2D eigenvalue weighted by Gasteiger charge is 2.25. The predicted octanol–water partition coefficient (Wildman–Crippen LogP) is 3.62. The molecule has 0 aliphatic carbocycles. The fraction of sp³-hybridized carbons (Fsp3) is 0.364. The van der Waals surface area contributed by atoms with E-state index in [9.17, 15) is 14.0 Å². The number of benzene rings is 1. The average Bonchev–Trinajstić information content (AvgIpc) is 3.29. The Bertz CT molecular complexity index is 1130. The van der Waals surface area contributed by atoms with Gasteiger partial charge in [0.2, 0.25) is 5.91 Å².